The molecule has 2 N–H and O–H groups in total. The SMILES string of the molecule is Cn1c(-c2ccc(F)cc2)cc2ccc(S(=O)(=O)N[C@H]3CC[C@H](C(=O)N4CCCC(OC(=O)O)C4)CC3)cc21. The molecule has 2 heterocycles. The molecule has 2 fully saturated rings. The first-order valence-electron chi connectivity index (χ1n) is 13.2. The van der Waals surface area contributed by atoms with Crippen LogP contribution in [0.15, 0.2) is 53.4 Å². The third-order valence-corrected chi connectivity index (χ3v) is 9.34. The highest BCUT2D eigenvalue weighted by Gasteiger charge is 2.34. The number of nitrogens with one attached hydrogen (secondary N) is 1. The lowest BCUT2D eigenvalue weighted by Crippen LogP contribution is -2.47. The van der Waals surface area contributed by atoms with Gasteiger partial charge in [0.25, 0.3) is 0 Å². The number of hydrogen-bond acceptors (Lipinski definition) is 5. The highest BCUT2D eigenvalue weighted by Crippen LogP contribution is 2.31. The molecule has 1 aliphatic heterocycles. The first-order valence-corrected chi connectivity index (χ1v) is 14.6. The number of carboxylic acid groups (broad SMARTS) is 1. The molecule has 0 radical (unpaired) electrons. The van der Waals surface area contributed by atoms with Gasteiger partial charge in [0.15, 0.2) is 0 Å². The molecule has 11 heteroatoms. The van der Waals surface area contributed by atoms with Crippen LogP contribution in [0.2, 0.25) is 0 Å². The predicted octanol–water partition coefficient (Wildman–Crippen LogP) is 4.51. The monoisotopic (exact) mass is 557 g/mol. The van der Waals surface area contributed by atoms with E-state index in [1.165, 1.54) is 12.1 Å². The van der Waals surface area contributed by atoms with Gasteiger partial charge in [0, 0.05) is 42.1 Å². The minimum atomic E-state index is -3.79. The summed E-state index contributed by atoms with van der Waals surface area (Å²) in [5.74, 6) is -0.541. The van der Waals surface area contributed by atoms with Crippen molar-refractivity contribution in [2.75, 3.05) is 13.1 Å². The fourth-order valence-corrected chi connectivity index (χ4v) is 7.08. The van der Waals surface area contributed by atoms with Gasteiger partial charge in [-0.3, -0.25) is 4.79 Å². The van der Waals surface area contributed by atoms with Gasteiger partial charge in [-0.15, -0.1) is 0 Å². The second-order valence-corrected chi connectivity index (χ2v) is 12.1. The van der Waals surface area contributed by atoms with E-state index in [1.54, 1.807) is 35.2 Å². The molecule has 1 saturated heterocycles. The Bertz CT molecular complexity index is 1480. The molecule has 39 heavy (non-hydrogen) atoms. The highest BCUT2D eigenvalue weighted by atomic mass is 32.2. The van der Waals surface area contributed by atoms with E-state index in [1.807, 2.05) is 17.7 Å². The summed E-state index contributed by atoms with van der Waals surface area (Å²) in [5, 5.41) is 9.75. The van der Waals surface area contributed by atoms with Crippen molar-refractivity contribution < 1.29 is 32.2 Å². The van der Waals surface area contributed by atoms with Gasteiger partial charge in [-0.2, -0.15) is 0 Å². The third-order valence-electron chi connectivity index (χ3n) is 7.82. The van der Waals surface area contributed by atoms with Crippen LogP contribution in [0.4, 0.5) is 9.18 Å². The number of hydrogen-bond donors (Lipinski definition) is 2. The number of piperidine rings is 1. The van der Waals surface area contributed by atoms with Crippen LogP contribution in [0.25, 0.3) is 22.2 Å². The van der Waals surface area contributed by atoms with Crippen LogP contribution in [0.1, 0.15) is 38.5 Å². The zero-order chi connectivity index (χ0) is 27.7. The van der Waals surface area contributed by atoms with E-state index >= 15 is 0 Å². The fourth-order valence-electron chi connectivity index (χ4n) is 5.76. The quantitative estimate of drug-likeness (QED) is 0.431. The largest absolute Gasteiger partial charge is 0.506 e. The van der Waals surface area contributed by atoms with Crippen LogP contribution >= 0.6 is 0 Å². The smallest absolute Gasteiger partial charge is 0.450 e. The summed E-state index contributed by atoms with van der Waals surface area (Å²) in [6.45, 7) is 0.845. The van der Waals surface area contributed by atoms with Gasteiger partial charge < -0.3 is 19.3 Å². The van der Waals surface area contributed by atoms with Crippen molar-refractivity contribution in [3.63, 3.8) is 0 Å². The summed E-state index contributed by atoms with van der Waals surface area (Å²) in [4.78, 5) is 25.7. The van der Waals surface area contributed by atoms with Crippen molar-refractivity contribution in [2.45, 2.75) is 55.6 Å². The van der Waals surface area contributed by atoms with Gasteiger partial charge in [0.2, 0.25) is 15.9 Å². The number of aromatic nitrogens is 1. The van der Waals surface area contributed by atoms with Gasteiger partial charge >= 0.3 is 6.16 Å². The number of halogens is 1. The Morgan fingerprint density at radius 3 is 2.44 bits per heavy atom. The zero-order valence-electron chi connectivity index (χ0n) is 21.7. The molecule has 3 aromatic rings. The fraction of sp³-hybridized carbons (Fsp3) is 0.429. The lowest BCUT2D eigenvalue weighted by atomic mass is 9.85. The van der Waals surface area contributed by atoms with Crippen LogP contribution < -0.4 is 4.72 Å². The van der Waals surface area contributed by atoms with Gasteiger partial charge in [-0.25, -0.2) is 22.3 Å². The van der Waals surface area contributed by atoms with Crippen molar-refractivity contribution in [2.24, 2.45) is 13.0 Å². The number of rotatable bonds is 6. The number of likely N-dealkylation sites (tertiary alicyclic amines) is 1. The summed E-state index contributed by atoms with van der Waals surface area (Å²) < 4.78 is 49.5. The van der Waals surface area contributed by atoms with E-state index in [-0.39, 0.29) is 35.1 Å². The van der Waals surface area contributed by atoms with E-state index in [9.17, 15) is 22.4 Å². The second-order valence-electron chi connectivity index (χ2n) is 10.4. The molecule has 0 bridgehead atoms. The Labute approximate surface area is 226 Å². The molecule has 2 aliphatic rings. The molecular weight excluding hydrogens is 525 g/mol. The molecular formula is C28H32FN3O6S. The van der Waals surface area contributed by atoms with Crippen LogP contribution in [0.5, 0.6) is 0 Å². The first-order chi connectivity index (χ1) is 18.6. The summed E-state index contributed by atoms with van der Waals surface area (Å²) in [5.41, 5.74) is 2.43. The van der Waals surface area contributed by atoms with Crippen LogP contribution in [0.3, 0.4) is 0 Å². The number of fused-ring (bicyclic) bond motifs is 1. The number of ether oxygens (including phenoxy) is 1. The molecule has 9 nitrogen and oxygen atoms in total. The van der Waals surface area contributed by atoms with E-state index in [0.717, 1.165) is 22.2 Å². The molecule has 2 aromatic carbocycles. The molecule has 208 valence electrons. The minimum Gasteiger partial charge on any atom is -0.450 e. The molecule has 1 aliphatic carbocycles. The molecule has 0 spiro atoms. The Hall–Kier alpha value is -3.44. The second kappa shape index (κ2) is 11.0. The van der Waals surface area contributed by atoms with Crippen molar-refractivity contribution >= 4 is 33.0 Å². The number of aryl methyl sites for hydroxylation is 1. The Morgan fingerprint density at radius 1 is 1.03 bits per heavy atom. The molecule has 1 saturated carbocycles. The normalized spacial score (nSPS) is 22.1. The summed E-state index contributed by atoms with van der Waals surface area (Å²) >= 11 is 0. The van der Waals surface area contributed by atoms with E-state index in [0.29, 0.717) is 45.1 Å². The average molecular weight is 558 g/mol. The summed E-state index contributed by atoms with van der Waals surface area (Å²) in [6, 6.07) is 12.8. The maximum atomic E-state index is 13.4. The Morgan fingerprint density at radius 2 is 1.74 bits per heavy atom. The predicted molar refractivity (Wildman–Crippen MR) is 143 cm³/mol. The minimum absolute atomic E-state index is 0.0129. The summed E-state index contributed by atoms with van der Waals surface area (Å²) in [7, 11) is -1.94. The van der Waals surface area contributed by atoms with Gasteiger partial charge in [-0.05, 0) is 86.6 Å². The van der Waals surface area contributed by atoms with Crippen molar-refractivity contribution in [3.8, 4) is 11.3 Å². The van der Waals surface area contributed by atoms with Crippen LogP contribution in [-0.4, -0.2) is 60.3 Å². The molecule has 1 unspecified atom stereocenters. The summed E-state index contributed by atoms with van der Waals surface area (Å²) in [6.07, 6.45) is 1.66. The third kappa shape index (κ3) is 5.94. The number of sulfonamides is 1. The first kappa shape index (κ1) is 27.1. The number of benzene rings is 2. The number of amides is 1. The number of nitrogens with zero attached hydrogens (tertiary/aromatic N) is 2. The zero-order valence-corrected chi connectivity index (χ0v) is 22.5. The Balaban J connectivity index is 1.22. The number of carbonyl (C=O) groups is 2. The maximum absolute atomic E-state index is 13.4. The van der Waals surface area contributed by atoms with E-state index < -0.39 is 22.3 Å². The van der Waals surface area contributed by atoms with Crippen LogP contribution in [0, 0.1) is 11.7 Å². The van der Waals surface area contributed by atoms with Crippen molar-refractivity contribution in [1.29, 1.82) is 0 Å². The van der Waals surface area contributed by atoms with E-state index in [4.69, 9.17) is 9.84 Å². The highest BCUT2D eigenvalue weighted by molar-refractivity contribution is 7.89. The molecule has 1 amide bonds. The topological polar surface area (TPSA) is 118 Å². The molecule has 5 rings (SSSR count). The lowest BCUT2D eigenvalue weighted by Gasteiger charge is -2.36. The number of carbonyl (C=O) groups excluding carboxylic acids is 1. The van der Waals surface area contributed by atoms with Gasteiger partial charge in [0.1, 0.15) is 11.9 Å². The van der Waals surface area contributed by atoms with Crippen molar-refractivity contribution in [3.05, 3.63) is 54.3 Å². The van der Waals surface area contributed by atoms with Crippen molar-refractivity contribution in [1.82, 2.24) is 14.2 Å². The average Bonchev–Trinajstić information content (AvgIpc) is 3.24. The molecule has 1 aromatic heterocycles. The Kier molecular flexibility index (Phi) is 7.64. The van der Waals surface area contributed by atoms with Crippen LogP contribution in [-0.2, 0) is 26.6 Å². The maximum Gasteiger partial charge on any atom is 0.506 e. The van der Waals surface area contributed by atoms with Gasteiger partial charge in [0.05, 0.1) is 11.4 Å². The van der Waals surface area contributed by atoms with Gasteiger partial charge in [-0.1, -0.05) is 6.07 Å². The standard InChI is InChI=1S/C28H32FN3O6S/c1-31-25(18-4-9-21(29)10-5-18)15-20-8-13-24(16-26(20)31)39(36,37)30-22-11-6-19(7-12-22)27(33)32-14-2-3-23(17-32)38-28(34)35/h4-5,8-10,13,15-16,19,22-23,30H,2-3,6-7,11-12,14,17H2,1H3,(H,34,35)/t19-,22-,23?. The van der Waals surface area contributed by atoms with E-state index in [2.05, 4.69) is 4.72 Å². The molecule has 1 atom stereocenters. The lowest BCUT2D eigenvalue weighted by molar-refractivity contribution is -0.140.